The summed E-state index contributed by atoms with van der Waals surface area (Å²) in [6.07, 6.45) is 1.70. The molecule has 2 aromatic carbocycles. The molecule has 1 atom stereocenters. The van der Waals surface area contributed by atoms with Crippen LogP contribution in [0.2, 0.25) is 5.02 Å². The average Bonchev–Trinajstić information content (AvgIpc) is 2.98. The molecule has 3 nitrogen and oxygen atoms in total. The lowest BCUT2D eigenvalue weighted by Crippen LogP contribution is -2.30. The number of nitrogens with zero attached hydrogens (tertiary/aromatic N) is 1. The van der Waals surface area contributed by atoms with Crippen LogP contribution < -0.4 is 0 Å². The summed E-state index contributed by atoms with van der Waals surface area (Å²) >= 11 is 6.10. The Morgan fingerprint density at radius 1 is 1.09 bits per heavy atom. The maximum Gasteiger partial charge on any atom is 0.245 e. The van der Waals surface area contributed by atoms with Gasteiger partial charge < -0.3 is 0 Å². The minimum absolute atomic E-state index is 0.109. The molecule has 2 aromatic rings. The van der Waals surface area contributed by atoms with Gasteiger partial charge in [0.2, 0.25) is 10.0 Å². The lowest BCUT2D eigenvalue weighted by atomic mass is 10.0. The van der Waals surface area contributed by atoms with Crippen molar-refractivity contribution in [2.45, 2.75) is 30.7 Å². The summed E-state index contributed by atoms with van der Waals surface area (Å²) in [6, 6.07) is 14.6. The molecule has 1 saturated heterocycles. The van der Waals surface area contributed by atoms with Gasteiger partial charge in [-0.2, -0.15) is 4.31 Å². The Morgan fingerprint density at radius 3 is 2.45 bits per heavy atom. The van der Waals surface area contributed by atoms with Crippen LogP contribution in [-0.4, -0.2) is 19.3 Å². The Kier molecular flexibility index (Phi) is 4.26. The molecule has 0 saturated carbocycles. The zero-order valence-electron chi connectivity index (χ0n) is 12.4. The summed E-state index contributed by atoms with van der Waals surface area (Å²) in [5.74, 6) is 0. The first-order valence-corrected chi connectivity index (χ1v) is 9.15. The summed E-state index contributed by atoms with van der Waals surface area (Å²) < 4.78 is 27.5. The van der Waals surface area contributed by atoms with Crippen LogP contribution in [0.3, 0.4) is 0 Å². The zero-order valence-corrected chi connectivity index (χ0v) is 13.9. The van der Waals surface area contributed by atoms with Gasteiger partial charge in [0.05, 0.1) is 11.1 Å². The van der Waals surface area contributed by atoms with E-state index in [4.69, 9.17) is 11.6 Å². The number of rotatable bonds is 3. The van der Waals surface area contributed by atoms with E-state index in [1.165, 1.54) is 5.56 Å². The molecule has 0 amide bonds. The quantitative estimate of drug-likeness (QED) is 0.844. The topological polar surface area (TPSA) is 37.4 Å². The fourth-order valence-electron chi connectivity index (χ4n) is 2.93. The second-order valence-electron chi connectivity index (χ2n) is 5.61. The van der Waals surface area contributed by atoms with Crippen molar-refractivity contribution in [3.05, 3.63) is 64.7 Å². The Labute approximate surface area is 136 Å². The van der Waals surface area contributed by atoms with Crippen molar-refractivity contribution in [3.8, 4) is 0 Å². The van der Waals surface area contributed by atoms with E-state index >= 15 is 0 Å². The van der Waals surface area contributed by atoms with E-state index in [1.54, 1.807) is 28.6 Å². The molecule has 1 aliphatic heterocycles. The normalized spacial score (nSPS) is 19.5. The van der Waals surface area contributed by atoms with E-state index < -0.39 is 10.0 Å². The second-order valence-corrected chi connectivity index (χ2v) is 7.88. The van der Waals surface area contributed by atoms with Gasteiger partial charge in [-0.05, 0) is 37.5 Å². The minimum atomic E-state index is -3.58. The van der Waals surface area contributed by atoms with Gasteiger partial charge in [0, 0.05) is 6.54 Å². The fraction of sp³-hybridized carbons (Fsp3) is 0.294. The zero-order chi connectivity index (χ0) is 15.7. The summed E-state index contributed by atoms with van der Waals surface area (Å²) in [4.78, 5) is 0.190. The third-order valence-corrected chi connectivity index (χ3v) is 6.50. The van der Waals surface area contributed by atoms with Crippen molar-refractivity contribution in [1.82, 2.24) is 4.31 Å². The molecule has 0 aromatic heterocycles. The van der Waals surface area contributed by atoms with Crippen LogP contribution in [0.5, 0.6) is 0 Å². The molecule has 0 aliphatic carbocycles. The van der Waals surface area contributed by atoms with Gasteiger partial charge in [-0.3, -0.25) is 0 Å². The first-order chi connectivity index (χ1) is 10.5. The van der Waals surface area contributed by atoms with Crippen LogP contribution in [-0.2, 0) is 10.0 Å². The summed E-state index contributed by atoms with van der Waals surface area (Å²) in [6.45, 7) is 2.56. The molecule has 1 fully saturated rings. The number of hydrogen-bond acceptors (Lipinski definition) is 2. The first kappa shape index (κ1) is 15.5. The highest BCUT2D eigenvalue weighted by Gasteiger charge is 2.36. The molecule has 3 rings (SSSR count). The smallest absolute Gasteiger partial charge is 0.207 e. The van der Waals surface area contributed by atoms with Gasteiger partial charge in [0.1, 0.15) is 4.90 Å². The van der Waals surface area contributed by atoms with E-state index in [9.17, 15) is 8.42 Å². The van der Waals surface area contributed by atoms with Gasteiger partial charge in [-0.25, -0.2) is 8.42 Å². The predicted molar refractivity (Wildman–Crippen MR) is 88.5 cm³/mol. The van der Waals surface area contributed by atoms with E-state index in [0.717, 1.165) is 18.4 Å². The Morgan fingerprint density at radius 2 is 1.77 bits per heavy atom. The van der Waals surface area contributed by atoms with E-state index in [2.05, 4.69) is 0 Å². The van der Waals surface area contributed by atoms with Gasteiger partial charge >= 0.3 is 0 Å². The monoisotopic (exact) mass is 335 g/mol. The van der Waals surface area contributed by atoms with Crippen LogP contribution in [0.15, 0.2) is 53.4 Å². The van der Waals surface area contributed by atoms with Gasteiger partial charge in [0.15, 0.2) is 0 Å². The van der Waals surface area contributed by atoms with Crippen LogP contribution >= 0.6 is 11.6 Å². The highest BCUT2D eigenvalue weighted by molar-refractivity contribution is 7.89. The lowest BCUT2D eigenvalue weighted by molar-refractivity contribution is 0.396. The van der Waals surface area contributed by atoms with E-state index in [0.29, 0.717) is 6.54 Å². The van der Waals surface area contributed by atoms with Crippen molar-refractivity contribution in [2.75, 3.05) is 6.54 Å². The third-order valence-electron chi connectivity index (χ3n) is 4.09. The van der Waals surface area contributed by atoms with Gasteiger partial charge in [0.25, 0.3) is 0 Å². The van der Waals surface area contributed by atoms with Crippen molar-refractivity contribution < 1.29 is 8.42 Å². The fourth-order valence-corrected chi connectivity index (χ4v) is 5.11. The highest BCUT2D eigenvalue weighted by Crippen LogP contribution is 2.37. The first-order valence-electron chi connectivity index (χ1n) is 7.33. The molecule has 0 bridgehead atoms. The maximum atomic E-state index is 12.9. The molecular formula is C17H18ClNO2S. The molecule has 0 N–H and O–H groups in total. The van der Waals surface area contributed by atoms with Crippen LogP contribution in [0.25, 0.3) is 0 Å². The summed E-state index contributed by atoms with van der Waals surface area (Å²) in [5, 5.41) is 0.275. The average molecular weight is 336 g/mol. The standard InChI is InChI=1S/C17H18ClNO2S/c1-13-8-10-14(11-9-13)16-6-4-12-19(16)22(20,21)17-7-3-2-5-15(17)18/h2-3,5,7-11,16H,4,6,12H2,1H3. The minimum Gasteiger partial charge on any atom is -0.207 e. The second kappa shape index (κ2) is 6.03. The number of hydrogen-bond donors (Lipinski definition) is 0. The van der Waals surface area contributed by atoms with E-state index in [-0.39, 0.29) is 16.0 Å². The highest BCUT2D eigenvalue weighted by atomic mass is 35.5. The molecule has 1 heterocycles. The molecular weight excluding hydrogens is 318 g/mol. The molecule has 0 spiro atoms. The predicted octanol–water partition coefficient (Wildman–Crippen LogP) is 4.17. The van der Waals surface area contributed by atoms with Crippen molar-refractivity contribution in [3.63, 3.8) is 0 Å². The molecule has 0 radical (unpaired) electrons. The molecule has 116 valence electrons. The Bertz CT molecular complexity index is 772. The number of halogens is 1. The summed E-state index contributed by atoms with van der Waals surface area (Å²) in [5.41, 5.74) is 2.21. The van der Waals surface area contributed by atoms with Crippen LogP contribution in [0.4, 0.5) is 0 Å². The maximum absolute atomic E-state index is 12.9. The third kappa shape index (κ3) is 2.78. The van der Waals surface area contributed by atoms with Crippen molar-refractivity contribution in [1.29, 1.82) is 0 Å². The molecule has 1 aliphatic rings. The Balaban J connectivity index is 1.99. The van der Waals surface area contributed by atoms with Crippen LogP contribution in [0.1, 0.15) is 30.0 Å². The molecule has 5 heteroatoms. The van der Waals surface area contributed by atoms with Crippen molar-refractivity contribution >= 4 is 21.6 Å². The number of aryl methyl sites for hydroxylation is 1. The Hall–Kier alpha value is -1.36. The van der Waals surface area contributed by atoms with Gasteiger partial charge in [-0.1, -0.05) is 53.6 Å². The van der Waals surface area contributed by atoms with Crippen LogP contribution in [0, 0.1) is 6.92 Å². The largest absolute Gasteiger partial charge is 0.245 e. The lowest BCUT2D eigenvalue weighted by Gasteiger charge is -2.25. The van der Waals surface area contributed by atoms with E-state index in [1.807, 2.05) is 31.2 Å². The molecule has 22 heavy (non-hydrogen) atoms. The SMILES string of the molecule is Cc1ccc(C2CCCN2S(=O)(=O)c2ccccc2Cl)cc1. The number of sulfonamides is 1. The number of benzene rings is 2. The van der Waals surface area contributed by atoms with Crippen molar-refractivity contribution in [2.24, 2.45) is 0 Å². The van der Waals surface area contributed by atoms with Gasteiger partial charge in [-0.15, -0.1) is 0 Å². The summed E-state index contributed by atoms with van der Waals surface area (Å²) in [7, 11) is -3.58. The molecule has 1 unspecified atom stereocenters.